The Kier molecular flexibility index (Phi) is 8.20. The molecular formula is C21H25ClN2O2S. The number of likely N-dealkylation sites (N-methyl/N-ethyl adjacent to an activating group) is 1. The van der Waals surface area contributed by atoms with Crippen LogP contribution in [0.15, 0.2) is 53.4 Å². The second-order valence-corrected chi connectivity index (χ2v) is 7.81. The molecule has 1 N–H and O–H groups in total. The molecule has 144 valence electrons. The molecule has 0 spiro atoms. The lowest BCUT2D eigenvalue weighted by molar-refractivity contribution is -0.138. The minimum Gasteiger partial charge on any atom is -0.355 e. The van der Waals surface area contributed by atoms with E-state index in [4.69, 9.17) is 11.6 Å². The third-order valence-corrected chi connectivity index (χ3v) is 5.42. The fraction of sp³-hybridized carbons (Fsp3) is 0.333. The fourth-order valence-electron chi connectivity index (χ4n) is 2.55. The van der Waals surface area contributed by atoms with Gasteiger partial charge in [-0.15, -0.1) is 11.8 Å². The summed E-state index contributed by atoms with van der Waals surface area (Å²) in [5.41, 5.74) is 2.16. The van der Waals surface area contributed by atoms with E-state index in [9.17, 15) is 9.59 Å². The Morgan fingerprint density at radius 1 is 1.11 bits per heavy atom. The highest BCUT2D eigenvalue weighted by Gasteiger charge is 2.25. The Hall–Kier alpha value is -1.98. The van der Waals surface area contributed by atoms with Gasteiger partial charge in [-0.2, -0.15) is 0 Å². The molecule has 2 aromatic rings. The number of hydrogen-bond acceptors (Lipinski definition) is 3. The van der Waals surface area contributed by atoms with Crippen molar-refractivity contribution in [2.24, 2.45) is 0 Å². The first-order valence-electron chi connectivity index (χ1n) is 8.91. The number of carbonyl (C=O) groups is 2. The molecule has 0 aliphatic rings. The average molecular weight is 405 g/mol. The molecule has 0 saturated heterocycles. The van der Waals surface area contributed by atoms with Gasteiger partial charge in [-0.1, -0.05) is 41.4 Å². The van der Waals surface area contributed by atoms with Gasteiger partial charge in [0.2, 0.25) is 11.8 Å². The largest absolute Gasteiger partial charge is 0.355 e. The Bertz CT molecular complexity index is 763. The zero-order valence-corrected chi connectivity index (χ0v) is 17.4. The second kappa shape index (κ2) is 10.4. The molecule has 0 aliphatic heterocycles. The van der Waals surface area contributed by atoms with Crippen LogP contribution in [-0.4, -0.2) is 35.1 Å². The third-order valence-electron chi connectivity index (χ3n) is 4.17. The van der Waals surface area contributed by atoms with E-state index >= 15 is 0 Å². The first-order chi connectivity index (χ1) is 12.9. The number of rotatable bonds is 8. The smallest absolute Gasteiger partial charge is 0.242 e. The van der Waals surface area contributed by atoms with Crippen LogP contribution in [0.1, 0.15) is 25.0 Å². The molecule has 0 saturated carbocycles. The fourth-order valence-corrected chi connectivity index (χ4v) is 3.46. The highest BCUT2D eigenvalue weighted by atomic mass is 35.5. The summed E-state index contributed by atoms with van der Waals surface area (Å²) in [7, 11) is 0. The van der Waals surface area contributed by atoms with Crippen molar-refractivity contribution in [3.63, 3.8) is 0 Å². The van der Waals surface area contributed by atoms with Gasteiger partial charge in [0.05, 0.1) is 5.75 Å². The lowest BCUT2D eigenvalue weighted by Gasteiger charge is -2.28. The van der Waals surface area contributed by atoms with Crippen LogP contribution in [0.2, 0.25) is 5.02 Å². The summed E-state index contributed by atoms with van der Waals surface area (Å²) in [5.74, 6) is 0.0424. The Balaban J connectivity index is 2.11. The lowest BCUT2D eigenvalue weighted by Crippen LogP contribution is -2.48. The van der Waals surface area contributed by atoms with E-state index < -0.39 is 6.04 Å². The SMILES string of the molecule is CCNC(=O)C(C)N(Cc1ccc(C)cc1)C(=O)CSc1ccc(Cl)cc1. The van der Waals surface area contributed by atoms with Crippen LogP contribution in [0.4, 0.5) is 0 Å². The summed E-state index contributed by atoms with van der Waals surface area (Å²) in [6, 6.07) is 14.8. The summed E-state index contributed by atoms with van der Waals surface area (Å²) < 4.78 is 0. The number of nitrogens with one attached hydrogen (secondary N) is 1. The number of thioether (sulfide) groups is 1. The molecule has 4 nitrogen and oxygen atoms in total. The standard InChI is InChI=1S/C21H25ClN2O2S/c1-4-23-21(26)16(3)24(13-17-7-5-15(2)6-8-17)20(25)14-27-19-11-9-18(22)10-12-19/h5-12,16H,4,13-14H2,1-3H3,(H,23,26). The Morgan fingerprint density at radius 2 is 1.74 bits per heavy atom. The molecule has 0 heterocycles. The van der Waals surface area contributed by atoms with Crippen molar-refractivity contribution < 1.29 is 9.59 Å². The zero-order valence-electron chi connectivity index (χ0n) is 15.9. The molecule has 2 amide bonds. The van der Waals surface area contributed by atoms with Gasteiger partial charge in [0.15, 0.2) is 0 Å². The number of amides is 2. The van der Waals surface area contributed by atoms with Gasteiger partial charge in [-0.3, -0.25) is 9.59 Å². The first-order valence-corrected chi connectivity index (χ1v) is 10.3. The van der Waals surface area contributed by atoms with Crippen LogP contribution in [-0.2, 0) is 16.1 Å². The van der Waals surface area contributed by atoms with E-state index in [1.807, 2.05) is 50.2 Å². The minimum absolute atomic E-state index is 0.0747. The van der Waals surface area contributed by atoms with E-state index in [-0.39, 0.29) is 17.6 Å². The molecule has 0 aliphatic carbocycles. The van der Waals surface area contributed by atoms with Crippen molar-refractivity contribution in [1.29, 1.82) is 0 Å². The normalized spacial score (nSPS) is 11.7. The number of halogens is 1. The van der Waals surface area contributed by atoms with E-state index in [2.05, 4.69) is 5.32 Å². The summed E-state index contributed by atoms with van der Waals surface area (Å²) in [6.07, 6.45) is 0. The Labute approximate surface area is 170 Å². The van der Waals surface area contributed by atoms with Gasteiger partial charge in [-0.05, 0) is 50.6 Å². The summed E-state index contributed by atoms with van der Waals surface area (Å²) in [6.45, 7) is 6.60. The second-order valence-electron chi connectivity index (χ2n) is 6.32. The summed E-state index contributed by atoms with van der Waals surface area (Å²) >= 11 is 7.34. The van der Waals surface area contributed by atoms with Crippen molar-refractivity contribution in [1.82, 2.24) is 10.2 Å². The van der Waals surface area contributed by atoms with E-state index in [0.29, 0.717) is 18.1 Å². The van der Waals surface area contributed by atoms with Crippen molar-refractivity contribution in [3.05, 3.63) is 64.7 Å². The summed E-state index contributed by atoms with van der Waals surface area (Å²) in [5, 5.41) is 3.46. The van der Waals surface area contributed by atoms with E-state index in [1.165, 1.54) is 11.8 Å². The highest BCUT2D eigenvalue weighted by Crippen LogP contribution is 2.22. The number of benzene rings is 2. The molecule has 0 radical (unpaired) electrons. The predicted molar refractivity (Wildman–Crippen MR) is 112 cm³/mol. The quantitative estimate of drug-likeness (QED) is 0.667. The highest BCUT2D eigenvalue weighted by molar-refractivity contribution is 8.00. The van der Waals surface area contributed by atoms with E-state index in [0.717, 1.165) is 16.0 Å². The molecule has 0 fully saturated rings. The van der Waals surface area contributed by atoms with E-state index in [1.54, 1.807) is 24.0 Å². The Morgan fingerprint density at radius 3 is 2.33 bits per heavy atom. The van der Waals surface area contributed by atoms with Crippen LogP contribution in [0.25, 0.3) is 0 Å². The molecule has 1 atom stereocenters. The molecule has 2 rings (SSSR count). The third kappa shape index (κ3) is 6.60. The van der Waals surface area contributed by atoms with Crippen molar-refractivity contribution in [2.45, 2.75) is 38.3 Å². The van der Waals surface area contributed by atoms with Crippen molar-refractivity contribution in [3.8, 4) is 0 Å². The minimum atomic E-state index is -0.537. The van der Waals surface area contributed by atoms with Gasteiger partial charge < -0.3 is 10.2 Å². The van der Waals surface area contributed by atoms with Crippen LogP contribution in [0.5, 0.6) is 0 Å². The molecule has 0 aromatic heterocycles. The van der Waals surface area contributed by atoms with Gasteiger partial charge in [0, 0.05) is 23.0 Å². The number of nitrogens with zero attached hydrogens (tertiary/aromatic N) is 1. The molecule has 27 heavy (non-hydrogen) atoms. The van der Waals surface area contributed by atoms with Crippen LogP contribution in [0.3, 0.4) is 0 Å². The average Bonchev–Trinajstić information content (AvgIpc) is 2.66. The van der Waals surface area contributed by atoms with Crippen LogP contribution < -0.4 is 5.32 Å². The molecule has 1 unspecified atom stereocenters. The van der Waals surface area contributed by atoms with Crippen LogP contribution >= 0.6 is 23.4 Å². The molecule has 2 aromatic carbocycles. The summed E-state index contributed by atoms with van der Waals surface area (Å²) in [4.78, 5) is 27.8. The molecular weight excluding hydrogens is 380 g/mol. The number of hydrogen-bond donors (Lipinski definition) is 1. The van der Waals surface area contributed by atoms with Gasteiger partial charge in [0.25, 0.3) is 0 Å². The predicted octanol–water partition coefficient (Wildman–Crippen LogP) is 4.29. The number of carbonyl (C=O) groups excluding carboxylic acids is 2. The topological polar surface area (TPSA) is 49.4 Å². The van der Waals surface area contributed by atoms with Gasteiger partial charge >= 0.3 is 0 Å². The monoisotopic (exact) mass is 404 g/mol. The maximum absolute atomic E-state index is 12.9. The molecule has 0 bridgehead atoms. The zero-order chi connectivity index (χ0) is 19.8. The maximum Gasteiger partial charge on any atom is 0.242 e. The van der Waals surface area contributed by atoms with Gasteiger partial charge in [-0.25, -0.2) is 0 Å². The number of aryl methyl sites for hydroxylation is 1. The molecule has 6 heteroatoms. The van der Waals surface area contributed by atoms with Crippen molar-refractivity contribution in [2.75, 3.05) is 12.3 Å². The van der Waals surface area contributed by atoms with Crippen molar-refractivity contribution >= 4 is 35.2 Å². The lowest BCUT2D eigenvalue weighted by atomic mass is 10.1. The maximum atomic E-state index is 12.9. The van der Waals surface area contributed by atoms with Gasteiger partial charge in [0.1, 0.15) is 6.04 Å². The van der Waals surface area contributed by atoms with Crippen LogP contribution in [0, 0.1) is 6.92 Å². The first kappa shape index (κ1) is 21.3.